The molecule has 1 aromatic rings. The quantitative estimate of drug-likeness (QED) is 0.869. The molecular formula is C13H15F3N2O. The Hall–Kier alpha value is -1.56. The molecule has 3 nitrogen and oxygen atoms in total. The molecule has 0 radical (unpaired) electrons. The van der Waals surface area contributed by atoms with Gasteiger partial charge in [0.25, 0.3) is 0 Å². The van der Waals surface area contributed by atoms with E-state index >= 15 is 0 Å². The summed E-state index contributed by atoms with van der Waals surface area (Å²) in [4.78, 5) is 12.0. The fourth-order valence-corrected chi connectivity index (χ4v) is 2.31. The maximum Gasteiger partial charge on any atom is 0.244 e. The van der Waals surface area contributed by atoms with Crippen LogP contribution in [-0.4, -0.2) is 11.4 Å². The molecule has 104 valence electrons. The zero-order chi connectivity index (χ0) is 14.0. The number of rotatable bonds is 2. The molecule has 3 N–H and O–H groups in total. The third kappa shape index (κ3) is 2.89. The van der Waals surface area contributed by atoms with Crippen molar-refractivity contribution in [2.75, 3.05) is 5.32 Å². The predicted octanol–water partition coefficient (Wildman–Crippen LogP) is 2.70. The third-order valence-corrected chi connectivity index (χ3v) is 3.44. The zero-order valence-corrected chi connectivity index (χ0v) is 10.3. The molecule has 1 aliphatic carbocycles. The Labute approximate surface area is 109 Å². The van der Waals surface area contributed by atoms with Gasteiger partial charge >= 0.3 is 0 Å². The summed E-state index contributed by atoms with van der Waals surface area (Å²) >= 11 is 0. The minimum absolute atomic E-state index is 0.475. The molecule has 1 amide bonds. The number of hydrogen-bond donors (Lipinski definition) is 2. The summed E-state index contributed by atoms with van der Waals surface area (Å²) < 4.78 is 39.6. The van der Waals surface area contributed by atoms with E-state index in [0.717, 1.165) is 19.3 Å². The molecule has 0 heterocycles. The summed E-state index contributed by atoms with van der Waals surface area (Å²) in [5.41, 5.74) is 4.19. The van der Waals surface area contributed by atoms with Crippen molar-refractivity contribution in [3.8, 4) is 0 Å². The van der Waals surface area contributed by atoms with Crippen molar-refractivity contribution in [2.24, 2.45) is 5.73 Å². The summed E-state index contributed by atoms with van der Waals surface area (Å²) in [6.45, 7) is 0. The van der Waals surface area contributed by atoms with Gasteiger partial charge in [0.1, 0.15) is 11.5 Å². The Morgan fingerprint density at radius 2 is 1.63 bits per heavy atom. The van der Waals surface area contributed by atoms with Gasteiger partial charge in [0.05, 0.1) is 5.54 Å². The summed E-state index contributed by atoms with van der Waals surface area (Å²) in [6.07, 6.45) is 3.55. The van der Waals surface area contributed by atoms with Gasteiger partial charge in [0.2, 0.25) is 5.91 Å². The molecule has 19 heavy (non-hydrogen) atoms. The zero-order valence-electron chi connectivity index (χ0n) is 10.3. The summed E-state index contributed by atoms with van der Waals surface area (Å²) in [6, 6.07) is 1.03. The first-order chi connectivity index (χ1) is 8.92. The average molecular weight is 272 g/mol. The van der Waals surface area contributed by atoms with Crippen molar-refractivity contribution in [3.63, 3.8) is 0 Å². The highest BCUT2D eigenvalue weighted by Gasteiger charge is 2.36. The number of carbonyl (C=O) groups is 1. The second kappa shape index (κ2) is 5.21. The van der Waals surface area contributed by atoms with Crippen molar-refractivity contribution < 1.29 is 18.0 Å². The topological polar surface area (TPSA) is 55.1 Å². The van der Waals surface area contributed by atoms with E-state index in [1.165, 1.54) is 0 Å². The number of nitrogens with one attached hydrogen (secondary N) is 1. The second-order valence-corrected chi connectivity index (χ2v) is 4.92. The number of amides is 1. The van der Waals surface area contributed by atoms with Gasteiger partial charge < -0.3 is 11.1 Å². The standard InChI is InChI=1S/C13H15F3N2O/c14-8-6-9(15)11(10(16)7-8)18-12(19)13(17)4-2-1-3-5-13/h6-7H,1-5,17H2,(H,18,19). The minimum atomic E-state index is -1.15. The highest BCUT2D eigenvalue weighted by molar-refractivity contribution is 5.98. The first kappa shape index (κ1) is 13.9. The van der Waals surface area contributed by atoms with E-state index in [9.17, 15) is 18.0 Å². The molecule has 0 aliphatic heterocycles. The average Bonchev–Trinajstić information content (AvgIpc) is 2.34. The van der Waals surface area contributed by atoms with Gasteiger partial charge in [-0.25, -0.2) is 13.2 Å². The molecule has 1 fully saturated rings. The van der Waals surface area contributed by atoms with E-state index < -0.39 is 34.6 Å². The van der Waals surface area contributed by atoms with Crippen LogP contribution in [-0.2, 0) is 4.79 Å². The number of benzene rings is 1. The lowest BCUT2D eigenvalue weighted by Gasteiger charge is -2.31. The van der Waals surface area contributed by atoms with Gasteiger partial charge in [-0.05, 0) is 12.8 Å². The van der Waals surface area contributed by atoms with Crippen molar-refractivity contribution >= 4 is 11.6 Å². The Morgan fingerprint density at radius 3 is 2.16 bits per heavy atom. The molecule has 2 rings (SSSR count). The first-order valence-electron chi connectivity index (χ1n) is 6.17. The van der Waals surface area contributed by atoms with Crippen LogP contribution in [0, 0.1) is 17.5 Å². The molecule has 0 bridgehead atoms. The van der Waals surface area contributed by atoms with E-state index in [0.29, 0.717) is 25.0 Å². The molecule has 6 heteroatoms. The lowest BCUT2D eigenvalue weighted by molar-refractivity contribution is -0.122. The van der Waals surface area contributed by atoms with Crippen molar-refractivity contribution in [3.05, 3.63) is 29.6 Å². The molecule has 0 unspecified atom stereocenters. The van der Waals surface area contributed by atoms with Crippen LogP contribution in [0.3, 0.4) is 0 Å². The molecule has 0 saturated heterocycles. The van der Waals surface area contributed by atoms with E-state index in [1.54, 1.807) is 0 Å². The lowest BCUT2D eigenvalue weighted by atomic mass is 9.82. The minimum Gasteiger partial charge on any atom is -0.320 e. The van der Waals surface area contributed by atoms with Crippen LogP contribution in [0.25, 0.3) is 0 Å². The largest absolute Gasteiger partial charge is 0.320 e. The van der Waals surface area contributed by atoms with Crippen LogP contribution in [0.5, 0.6) is 0 Å². The van der Waals surface area contributed by atoms with E-state index in [1.807, 2.05) is 0 Å². The maximum absolute atomic E-state index is 13.4. The molecular weight excluding hydrogens is 257 g/mol. The second-order valence-electron chi connectivity index (χ2n) is 4.92. The molecule has 1 aromatic carbocycles. The number of anilines is 1. The summed E-state index contributed by atoms with van der Waals surface area (Å²) in [7, 11) is 0. The Bertz CT molecular complexity index is 476. The van der Waals surface area contributed by atoms with Crippen molar-refractivity contribution in [1.29, 1.82) is 0 Å². The highest BCUT2D eigenvalue weighted by Crippen LogP contribution is 2.28. The van der Waals surface area contributed by atoms with Gasteiger partial charge in [0.15, 0.2) is 11.6 Å². The van der Waals surface area contributed by atoms with Crippen LogP contribution >= 0.6 is 0 Å². The van der Waals surface area contributed by atoms with Gasteiger partial charge in [0, 0.05) is 12.1 Å². The smallest absolute Gasteiger partial charge is 0.244 e. The number of nitrogens with two attached hydrogens (primary N) is 1. The molecule has 1 saturated carbocycles. The van der Waals surface area contributed by atoms with E-state index in [4.69, 9.17) is 5.73 Å². The van der Waals surface area contributed by atoms with Crippen molar-refractivity contribution in [1.82, 2.24) is 0 Å². The van der Waals surface area contributed by atoms with Crippen molar-refractivity contribution in [2.45, 2.75) is 37.6 Å². The van der Waals surface area contributed by atoms with Crippen LogP contribution in [0.15, 0.2) is 12.1 Å². The first-order valence-corrected chi connectivity index (χ1v) is 6.17. The third-order valence-electron chi connectivity index (χ3n) is 3.44. The summed E-state index contributed by atoms with van der Waals surface area (Å²) in [5.74, 6) is -3.96. The molecule has 0 atom stereocenters. The fraction of sp³-hybridized carbons (Fsp3) is 0.462. The summed E-state index contributed by atoms with van der Waals surface area (Å²) in [5, 5.41) is 2.14. The van der Waals surface area contributed by atoms with Crippen LogP contribution in [0.4, 0.5) is 18.9 Å². The predicted molar refractivity (Wildman–Crippen MR) is 64.9 cm³/mol. The Kier molecular flexibility index (Phi) is 3.80. The fourth-order valence-electron chi connectivity index (χ4n) is 2.31. The Balaban J connectivity index is 2.19. The van der Waals surface area contributed by atoms with E-state index in [2.05, 4.69) is 5.32 Å². The molecule has 0 spiro atoms. The maximum atomic E-state index is 13.4. The molecule has 0 aromatic heterocycles. The van der Waals surface area contributed by atoms with Crippen LogP contribution in [0.1, 0.15) is 32.1 Å². The normalized spacial score (nSPS) is 18.1. The highest BCUT2D eigenvalue weighted by atomic mass is 19.1. The van der Waals surface area contributed by atoms with Gasteiger partial charge in [-0.2, -0.15) is 0 Å². The SMILES string of the molecule is NC1(C(=O)Nc2c(F)cc(F)cc2F)CCCCC1. The molecule has 1 aliphatic rings. The monoisotopic (exact) mass is 272 g/mol. The number of halogens is 3. The van der Waals surface area contributed by atoms with Gasteiger partial charge in [-0.1, -0.05) is 19.3 Å². The Morgan fingerprint density at radius 1 is 1.11 bits per heavy atom. The van der Waals surface area contributed by atoms with E-state index in [-0.39, 0.29) is 0 Å². The van der Waals surface area contributed by atoms with Gasteiger partial charge in [-0.3, -0.25) is 4.79 Å². The number of hydrogen-bond acceptors (Lipinski definition) is 2. The lowest BCUT2D eigenvalue weighted by Crippen LogP contribution is -2.52. The van der Waals surface area contributed by atoms with Gasteiger partial charge in [-0.15, -0.1) is 0 Å². The van der Waals surface area contributed by atoms with Crippen LogP contribution in [0.2, 0.25) is 0 Å². The number of carbonyl (C=O) groups excluding carboxylic acids is 1. The van der Waals surface area contributed by atoms with Crippen LogP contribution < -0.4 is 11.1 Å².